The Balaban J connectivity index is 1.79. The van der Waals surface area contributed by atoms with E-state index < -0.39 is 15.9 Å². The fourth-order valence-corrected chi connectivity index (χ4v) is 4.67. The summed E-state index contributed by atoms with van der Waals surface area (Å²) in [5.74, 6) is -0.411. The van der Waals surface area contributed by atoms with Crippen LogP contribution in [0.4, 0.5) is 0 Å². The van der Waals surface area contributed by atoms with Crippen LogP contribution in [-0.2, 0) is 27.9 Å². The van der Waals surface area contributed by atoms with Gasteiger partial charge in [-0.2, -0.15) is 4.31 Å². The average Bonchev–Trinajstić information content (AvgIpc) is 2.74. The van der Waals surface area contributed by atoms with E-state index in [1.807, 2.05) is 42.5 Å². The van der Waals surface area contributed by atoms with Gasteiger partial charge in [0.15, 0.2) is 0 Å². The lowest BCUT2D eigenvalue weighted by molar-refractivity contribution is -0.121. The normalized spacial score (nSPS) is 11.4. The van der Waals surface area contributed by atoms with Crippen molar-refractivity contribution in [3.8, 4) is 0 Å². The molecule has 0 aliphatic carbocycles. The van der Waals surface area contributed by atoms with Gasteiger partial charge < -0.3 is 5.32 Å². The summed E-state index contributed by atoms with van der Waals surface area (Å²) >= 11 is 9.43. The Kier molecular flexibility index (Phi) is 7.66. The molecule has 0 atom stereocenters. The van der Waals surface area contributed by atoms with E-state index in [0.717, 1.165) is 15.6 Å². The number of hydrogen-bond acceptors (Lipinski definition) is 3. The van der Waals surface area contributed by atoms with Crippen molar-refractivity contribution >= 4 is 43.5 Å². The second-order valence-corrected chi connectivity index (χ2v) is 9.84. The molecule has 0 bridgehead atoms. The van der Waals surface area contributed by atoms with Crippen LogP contribution in [0.25, 0.3) is 0 Å². The maximum Gasteiger partial charge on any atom is 0.243 e. The summed E-state index contributed by atoms with van der Waals surface area (Å²) in [6.45, 7) is -0.00743. The Hall–Kier alpha value is -2.19. The van der Waals surface area contributed by atoms with Gasteiger partial charge in [0.2, 0.25) is 15.9 Å². The lowest BCUT2D eigenvalue weighted by Crippen LogP contribution is -2.40. The summed E-state index contributed by atoms with van der Waals surface area (Å²) in [5.41, 5.74) is 1.55. The molecule has 3 aromatic rings. The van der Waals surface area contributed by atoms with Gasteiger partial charge in [0.1, 0.15) is 0 Å². The molecule has 156 valence electrons. The first-order chi connectivity index (χ1) is 14.4. The largest absolute Gasteiger partial charge is 0.351 e. The van der Waals surface area contributed by atoms with Crippen LogP contribution in [0.1, 0.15) is 11.1 Å². The number of carbonyl (C=O) groups is 1. The molecule has 0 fully saturated rings. The van der Waals surface area contributed by atoms with Crippen LogP contribution >= 0.6 is 27.5 Å². The summed E-state index contributed by atoms with van der Waals surface area (Å²) in [4.78, 5) is 12.7. The van der Waals surface area contributed by atoms with Gasteiger partial charge in [-0.1, -0.05) is 76.1 Å². The average molecular weight is 508 g/mol. The lowest BCUT2D eigenvalue weighted by atomic mass is 10.2. The first-order valence-corrected chi connectivity index (χ1v) is 11.8. The summed E-state index contributed by atoms with van der Waals surface area (Å²) in [6.07, 6.45) is 0. The molecule has 5 nitrogen and oxygen atoms in total. The summed E-state index contributed by atoms with van der Waals surface area (Å²) in [6, 6.07) is 22.7. The van der Waals surface area contributed by atoms with Crippen LogP contribution in [0.2, 0.25) is 5.02 Å². The molecular formula is C22H20BrClN2O3S. The molecule has 3 rings (SSSR count). The van der Waals surface area contributed by atoms with Gasteiger partial charge in [0.05, 0.1) is 11.4 Å². The van der Waals surface area contributed by atoms with Crippen molar-refractivity contribution < 1.29 is 13.2 Å². The van der Waals surface area contributed by atoms with Crippen LogP contribution in [0.15, 0.2) is 88.2 Å². The fourth-order valence-electron chi connectivity index (χ4n) is 2.82. The maximum absolute atomic E-state index is 13.2. The van der Waals surface area contributed by atoms with Crippen molar-refractivity contribution in [2.75, 3.05) is 6.54 Å². The summed E-state index contributed by atoms with van der Waals surface area (Å²) in [5, 5.41) is 3.29. The van der Waals surface area contributed by atoms with E-state index >= 15 is 0 Å². The molecule has 0 aromatic heterocycles. The van der Waals surface area contributed by atoms with E-state index in [2.05, 4.69) is 21.2 Å². The lowest BCUT2D eigenvalue weighted by Gasteiger charge is -2.22. The van der Waals surface area contributed by atoms with E-state index in [0.29, 0.717) is 5.02 Å². The monoisotopic (exact) mass is 506 g/mol. The molecule has 0 saturated heterocycles. The number of hydrogen-bond donors (Lipinski definition) is 1. The Morgan fingerprint density at radius 1 is 0.933 bits per heavy atom. The molecule has 0 radical (unpaired) electrons. The number of amides is 1. The minimum atomic E-state index is -3.88. The fraction of sp³-hybridized carbons (Fsp3) is 0.136. The van der Waals surface area contributed by atoms with E-state index in [1.54, 1.807) is 24.3 Å². The molecule has 3 aromatic carbocycles. The molecule has 1 N–H and O–H groups in total. The van der Waals surface area contributed by atoms with Gasteiger partial charge in [-0.05, 0) is 41.5 Å². The van der Waals surface area contributed by atoms with E-state index in [9.17, 15) is 13.2 Å². The van der Waals surface area contributed by atoms with Crippen molar-refractivity contribution in [3.05, 3.63) is 99.5 Å². The first-order valence-electron chi connectivity index (χ1n) is 9.16. The third-order valence-electron chi connectivity index (χ3n) is 4.41. The minimum absolute atomic E-state index is 0.0821. The van der Waals surface area contributed by atoms with Gasteiger partial charge in [0.25, 0.3) is 0 Å². The molecule has 0 heterocycles. The highest BCUT2D eigenvalue weighted by Gasteiger charge is 2.27. The van der Waals surface area contributed by atoms with E-state index in [1.165, 1.54) is 16.4 Å². The Morgan fingerprint density at radius 3 is 2.23 bits per heavy atom. The van der Waals surface area contributed by atoms with Crippen LogP contribution in [0.3, 0.4) is 0 Å². The van der Waals surface area contributed by atoms with Gasteiger partial charge in [-0.15, -0.1) is 0 Å². The molecule has 0 saturated carbocycles. The molecular weight excluding hydrogens is 488 g/mol. The number of sulfonamides is 1. The van der Waals surface area contributed by atoms with Crippen LogP contribution in [0, 0.1) is 0 Å². The van der Waals surface area contributed by atoms with Crippen LogP contribution in [-0.4, -0.2) is 25.2 Å². The number of halogens is 2. The van der Waals surface area contributed by atoms with Gasteiger partial charge in [-0.3, -0.25) is 4.79 Å². The van der Waals surface area contributed by atoms with Crippen molar-refractivity contribution in [2.24, 2.45) is 0 Å². The molecule has 1 amide bonds. The SMILES string of the molecule is O=C(CN(Cc1ccccc1)S(=O)(=O)c1ccc(Br)cc1)NCc1ccccc1Cl. The quantitative estimate of drug-likeness (QED) is 0.484. The topological polar surface area (TPSA) is 66.5 Å². The highest BCUT2D eigenvalue weighted by Crippen LogP contribution is 2.21. The summed E-state index contributed by atoms with van der Waals surface area (Å²) in [7, 11) is -3.88. The van der Waals surface area contributed by atoms with Gasteiger partial charge in [-0.25, -0.2) is 8.42 Å². The minimum Gasteiger partial charge on any atom is -0.351 e. The van der Waals surface area contributed by atoms with Crippen LogP contribution in [0.5, 0.6) is 0 Å². The second kappa shape index (κ2) is 10.2. The maximum atomic E-state index is 13.2. The molecule has 0 unspecified atom stereocenters. The molecule has 8 heteroatoms. The Labute approximate surface area is 189 Å². The van der Waals surface area contributed by atoms with Crippen molar-refractivity contribution in [2.45, 2.75) is 18.0 Å². The number of carbonyl (C=O) groups excluding carboxylic acids is 1. The third kappa shape index (κ3) is 5.92. The third-order valence-corrected chi connectivity index (χ3v) is 7.11. The first kappa shape index (κ1) is 22.5. The predicted octanol–water partition coefficient (Wildman–Crippen LogP) is 4.61. The molecule has 30 heavy (non-hydrogen) atoms. The molecule has 0 aliphatic rings. The van der Waals surface area contributed by atoms with Crippen molar-refractivity contribution in [1.82, 2.24) is 9.62 Å². The zero-order valence-corrected chi connectivity index (χ0v) is 19.1. The number of nitrogens with zero attached hydrogens (tertiary/aromatic N) is 1. The van der Waals surface area contributed by atoms with Crippen molar-refractivity contribution in [1.29, 1.82) is 0 Å². The number of nitrogens with one attached hydrogen (secondary N) is 1. The molecule has 0 aliphatic heterocycles. The smallest absolute Gasteiger partial charge is 0.243 e. The zero-order chi connectivity index (χ0) is 21.6. The second-order valence-electron chi connectivity index (χ2n) is 6.58. The standard InChI is InChI=1S/C22H20BrClN2O3S/c23-19-10-12-20(13-11-19)30(28,29)26(15-17-6-2-1-3-7-17)16-22(27)25-14-18-8-4-5-9-21(18)24/h1-13H,14-16H2,(H,25,27). The number of rotatable bonds is 8. The predicted molar refractivity (Wildman–Crippen MR) is 121 cm³/mol. The zero-order valence-electron chi connectivity index (χ0n) is 16.0. The van der Waals surface area contributed by atoms with E-state index in [-0.39, 0.29) is 24.5 Å². The van der Waals surface area contributed by atoms with Gasteiger partial charge >= 0.3 is 0 Å². The molecule has 0 spiro atoms. The van der Waals surface area contributed by atoms with Crippen molar-refractivity contribution in [3.63, 3.8) is 0 Å². The Morgan fingerprint density at radius 2 is 1.57 bits per heavy atom. The Bertz CT molecular complexity index is 1110. The highest BCUT2D eigenvalue weighted by molar-refractivity contribution is 9.10. The number of benzene rings is 3. The van der Waals surface area contributed by atoms with E-state index in [4.69, 9.17) is 11.6 Å². The summed E-state index contributed by atoms with van der Waals surface area (Å²) < 4.78 is 28.4. The highest BCUT2D eigenvalue weighted by atomic mass is 79.9. The van der Waals surface area contributed by atoms with Gasteiger partial charge in [0, 0.05) is 22.6 Å². The van der Waals surface area contributed by atoms with Crippen LogP contribution < -0.4 is 5.32 Å².